The van der Waals surface area contributed by atoms with E-state index < -0.39 is 0 Å². The van der Waals surface area contributed by atoms with E-state index >= 15 is 0 Å². The minimum Gasteiger partial charge on any atom is -0.493 e. The number of aromatic nitrogens is 1. The molecule has 0 saturated heterocycles. The van der Waals surface area contributed by atoms with E-state index in [0.717, 1.165) is 31.0 Å². The van der Waals surface area contributed by atoms with Crippen LogP contribution in [0.4, 0.5) is 5.69 Å². The Balaban J connectivity index is 1.71. The molecule has 0 fully saturated rings. The molecule has 0 amide bonds. The average molecular weight is 214 g/mol. The second kappa shape index (κ2) is 3.93. The summed E-state index contributed by atoms with van der Waals surface area (Å²) in [5.74, 6) is 1.03. The van der Waals surface area contributed by atoms with Crippen LogP contribution in [0, 0.1) is 0 Å². The van der Waals surface area contributed by atoms with Crippen LogP contribution in [-0.4, -0.2) is 11.6 Å². The molecule has 3 rings (SSSR count). The number of H-pyrrole nitrogens is 1. The number of anilines is 1. The maximum absolute atomic E-state index is 5.47. The molecule has 1 aliphatic rings. The number of ether oxygens (including phenoxy) is 1. The summed E-state index contributed by atoms with van der Waals surface area (Å²) in [7, 11) is 0. The Hall–Kier alpha value is -1.90. The van der Waals surface area contributed by atoms with Crippen molar-refractivity contribution >= 4 is 5.69 Å². The summed E-state index contributed by atoms with van der Waals surface area (Å²) in [5, 5.41) is 3.39. The molecule has 0 spiro atoms. The van der Waals surface area contributed by atoms with Gasteiger partial charge in [0.1, 0.15) is 5.75 Å². The van der Waals surface area contributed by atoms with E-state index in [0.29, 0.717) is 0 Å². The predicted octanol–water partition coefficient (Wildman–Crippen LogP) is 2.56. The van der Waals surface area contributed by atoms with Crippen LogP contribution in [-0.2, 0) is 13.0 Å². The summed E-state index contributed by atoms with van der Waals surface area (Å²) in [6, 6.07) is 10.4. The molecule has 3 nitrogen and oxygen atoms in total. The van der Waals surface area contributed by atoms with Gasteiger partial charge in [0.05, 0.1) is 13.2 Å². The first-order chi connectivity index (χ1) is 7.92. The third kappa shape index (κ3) is 1.76. The third-order valence-electron chi connectivity index (χ3n) is 2.83. The fourth-order valence-corrected chi connectivity index (χ4v) is 1.97. The number of nitrogens with one attached hydrogen (secondary N) is 2. The molecule has 2 aromatic rings. The van der Waals surface area contributed by atoms with Crippen molar-refractivity contribution in [1.82, 2.24) is 4.98 Å². The van der Waals surface area contributed by atoms with E-state index in [-0.39, 0.29) is 0 Å². The van der Waals surface area contributed by atoms with Gasteiger partial charge in [-0.05, 0) is 35.9 Å². The SMILES string of the molecule is c1c[nH]c(CNc2ccc3c(c2)CCO3)c1. The van der Waals surface area contributed by atoms with Crippen LogP contribution in [0.3, 0.4) is 0 Å². The zero-order chi connectivity index (χ0) is 10.8. The summed E-state index contributed by atoms with van der Waals surface area (Å²) in [6.45, 7) is 1.64. The number of hydrogen-bond acceptors (Lipinski definition) is 2. The molecule has 16 heavy (non-hydrogen) atoms. The van der Waals surface area contributed by atoms with Gasteiger partial charge in [0.2, 0.25) is 0 Å². The minimum absolute atomic E-state index is 0.815. The normalized spacial score (nSPS) is 13.2. The van der Waals surface area contributed by atoms with Gasteiger partial charge in [-0.3, -0.25) is 0 Å². The lowest BCUT2D eigenvalue weighted by Gasteiger charge is -2.06. The van der Waals surface area contributed by atoms with Crippen LogP contribution in [0.5, 0.6) is 5.75 Å². The van der Waals surface area contributed by atoms with E-state index in [4.69, 9.17) is 4.74 Å². The molecule has 2 heterocycles. The van der Waals surface area contributed by atoms with Crippen molar-refractivity contribution in [2.24, 2.45) is 0 Å². The predicted molar refractivity (Wildman–Crippen MR) is 63.8 cm³/mol. The van der Waals surface area contributed by atoms with Crippen LogP contribution in [0.25, 0.3) is 0 Å². The van der Waals surface area contributed by atoms with E-state index in [1.807, 2.05) is 18.3 Å². The Bertz CT molecular complexity index is 477. The number of hydrogen-bond donors (Lipinski definition) is 2. The first-order valence-electron chi connectivity index (χ1n) is 5.54. The van der Waals surface area contributed by atoms with E-state index in [2.05, 4.69) is 28.5 Å². The molecule has 0 radical (unpaired) electrons. The number of benzene rings is 1. The monoisotopic (exact) mass is 214 g/mol. The molecular weight excluding hydrogens is 200 g/mol. The second-order valence-electron chi connectivity index (χ2n) is 3.97. The summed E-state index contributed by atoms with van der Waals surface area (Å²) in [5.41, 5.74) is 3.65. The Kier molecular flexibility index (Phi) is 2.29. The van der Waals surface area contributed by atoms with Gasteiger partial charge in [-0.2, -0.15) is 0 Å². The standard InChI is InChI=1S/C13H14N2O/c1-2-12(14-6-1)9-15-11-3-4-13-10(8-11)5-7-16-13/h1-4,6,8,14-15H,5,7,9H2. The Morgan fingerprint density at radius 2 is 2.31 bits per heavy atom. The molecule has 0 unspecified atom stereocenters. The molecule has 3 heteroatoms. The van der Waals surface area contributed by atoms with Crippen molar-refractivity contribution in [2.75, 3.05) is 11.9 Å². The summed E-state index contributed by atoms with van der Waals surface area (Å²) in [6.07, 6.45) is 2.96. The summed E-state index contributed by atoms with van der Waals surface area (Å²) < 4.78 is 5.47. The summed E-state index contributed by atoms with van der Waals surface area (Å²) in [4.78, 5) is 3.17. The second-order valence-corrected chi connectivity index (χ2v) is 3.97. The fourth-order valence-electron chi connectivity index (χ4n) is 1.97. The molecule has 0 bridgehead atoms. The number of rotatable bonds is 3. The zero-order valence-corrected chi connectivity index (χ0v) is 8.99. The lowest BCUT2D eigenvalue weighted by atomic mass is 10.1. The van der Waals surface area contributed by atoms with Crippen LogP contribution in [0.15, 0.2) is 36.5 Å². The van der Waals surface area contributed by atoms with Crippen LogP contribution in [0.2, 0.25) is 0 Å². The first-order valence-corrected chi connectivity index (χ1v) is 5.54. The van der Waals surface area contributed by atoms with Crippen molar-refractivity contribution in [3.63, 3.8) is 0 Å². The lowest BCUT2D eigenvalue weighted by Crippen LogP contribution is -1.99. The first kappa shape index (κ1) is 9.33. The number of aromatic amines is 1. The lowest BCUT2D eigenvalue weighted by molar-refractivity contribution is 0.357. The Morgan fingerprint density at radius 1 is 1.31 bits per heavy atom. The van der Waals surface area contributed by atoms with Gasteiger partial charge >= 0.3 is 0 Å². The molecule has 0 atom stereocenters. The van der Waals surface area contributed by atoms with E-state index in [1.165, 1.54) is 11.3 Å². The highest BCUT2D eigenvalue weighted by molar-refractivity contribution is 5.52. The largest absolute Gasteiger partial charge is 0.493 e. The van der Waals surface area contributed by atoms with E-state index in [9.17, 15) is 0 Å². The Morgan fingerprint density at radius 3 is 3.19 bits per heavy atom. The van der Waals surface area contributed by atoms with Crippen molar-refractivity contribution < 1.29 is 4.74 Å². The highest BCUT2D eigenvalue weighted by Crippen LogP contribution is 2.27. The van der Waals surface area contributed by atoms with Crippen molar-refractivity contribution in [3.8, 4) is 5.75 Å². The maximum Gasteiger partial charge on any atom is 0.122 e. The molecule has 1 aromatic carbocycles. The molecule has 0 aliphatic carbocycles. The molecule has 2 N–H and O–H groups in total. The topological polar surface area (TPSA) is 37.0 Å². The molecule has 1 aliphatic heterocycles. The highest BCUT2D eigenvalue weighted by atomic mass is 16.5. The van der Waals surface area contributed by atoms with Gasteiger partial charge in [-0.1, -0.05) is 0 Å². The van der Waals surface area contributed by atoms with Gasteiger partial charge in [0.25, 0.3) is 0 Å². The van der Waals surface area contributed by atoms with Gasteiger partial charge in [0, 0.05) is 24.0 Å². The van der Waals surface area contributed by atoms with Gasteiger partial charge in [0.15, 0.2) is 0 Å². The maximum atomic E-state index is 5.47. The van der Waals surface area contributed by atoms with Gasteiger partial charge in [-0.25, -0.2) is 0 Å². The van der Waals surface area contributed by atoms with Crippen LogP contribution >= 0.6 is 0 Å². The van der Waals surface area contributed by atoms with Gasteiger partial charge < -0.3 is 15.0 Å². The molecule has 1 aromatic heterocycles. The van der Waals surface area contributed by atoms with Crippen molar-refractivity contribution in [2.45, 2.75) is 13.0 Å². The molecule has 82 valence electrons. The minimum atomic E-state index is 0.815. The van der Waals surface area contributed by atoms with Crippen LogP contribution in [0.1, 0.15) is 11.3 Å². The highest BCUT2D eigenvalue weighted by Gasteiger charge is 2.11. The van der Waals surface area contributed by atoms with Crippen molar-refractivity contribution in [3.05, 3.63) is 47.8 Å². The zero-order valence-electron chi connectivity index (χ0n) is 8.99. The Labute approximate surface area is 94.5 Å². The average Bonchev–Trinajstić information content (AvgIpc) is 2.97. The quantitative estimate of drug-likeness (QED) is 0.824. The van der Waals surface area contributed by atoms with E-state index in [1.54, 1.807) is 0 Å². The third-order valence-corrected chi connectivity index (χ3v) is 2.83. The van der Waals surface area contributed by atoms with Crippen LogP contribution < -0.4 is 10.1 Å². The molecular formula is C13H14N2O. The smallest absolute Gasteiger partial charge is 0.122 e. The summed E-state index contributed by atoms with van der Waals surface area (Å²) >= 11 is 0. The number of fused-ring (bicyclic) bond motifs is 1. The van der Waals surface area contributed by atoms with Crippen molar-refractivity contribution in [1.29, 1.82) is 0 Å². The fraction of sp³-hybridized carbons (Fsp3) is 0.231. The van der Waals surface area contributed by atoms with Gasteiger partial charge in [-0.15, -0.1) is 0 Å². The molecule has 0 saturated carbocycles.